The number of hydrogen-bond acceptors (Lipinski definition) is 4. The Morgan fingerprint density at radius 1 is 1.03 bits per heavy atom. The zero-order chi connectivity index (χ0) is 21.2. The Kier molecular flexibility index (Phi) is 10.9. The number of nitrogens with zero attached hydrogens (tertiary/aromatic N) is 1. The average molecular weight is 426 g/mol. The lowest BCUT2D eigenvalue weighted by Gasteiger charge is -2.35. The summed E-state index contributed by atoms with van der Waals surface area (Å²) >= 11 is 1.72. The summed E-state index contributed by atoms with van der Waals surface area (Å²) in [4.78, 5) is 27.9. The lowest BCUT2D eigenvalue weighted by molar-refractivity contribution is -0.132. The molecule has 1 saturated heterocycles. The van der Waals surface area contributed by atoms with Crippen LogP contribution in [0.1, 0.15) is 65.7 Å². The van der Waals surface area contributed by atoms with Crippen LogP contribution in [0.5, 0.6) is 0 Å². The van der Waals surface area contributed by atoms with Gasteiger partial charge in [-0.3, -0.25) is 9.59 Å². The summed E-state index contributed by atoms with van der Waals surface area (Å²) in [5, 5.41) is 6.14. The van der Waals surface area contributed by atoms with Gasteiger partial charge in [-0.25, -0.2) is 0 Å². The summed E-state index contributed by atoms with van der Waals surface area (Å²) in [6.45, 7) is 11.0. The molecule has 3 atom stereocenters. The van der Waals surface area contributed by atoms with Crippen LogP contribution in [0, 0.1) is 23.7 Å². The third kappa shape index (κ3) is 8.87. The maximum Gasteiger partial charge on any atom is 0.242 e. The molecule has 0 aromatic rings. The first-order valence-electron chi connectivity index (χ1n) is 11.7. The molecule has 2 aliphatic rings. The molecule has 168 valence electrons. The minimum Gasteiger partial charge on any atom is -0.354 e. The third-order valence-corrected chi connectivity index (χ3v) is 7.17. The van der Waals surface area contributed by atoms with E-state index in [9.17, 15) is 9.59 Å². The Morgan fingerprint density at radius 3 is 2.31 bits per heavy atom. The van der Waals surface area contributed by atoms with Gasteiger partial charge in [-0.1, -0.05) is 20.8 Å². The molecule has 1 aliphatic heterocycles. The lowest BCUT2D eigenvalue weighted by atomic mass is 9.82. The van der Waals surface area contributed by atoms with Crippen molar-refractivity contribution < 1.29 is 9.59 Å². The van der Waals surface area contributed by atoms with Crippen LogP contribution in [-0.2, 0) is 9.59 Å². The van der Waals surface area contributed by atoms with Crippen LogP contribution in [0.3, 0.4) is 0 Å². The van der Waals surface area contributed by atoms with E-state index < -0.39 is 6.04 Å². The van der Waals surface area contributed by atoms with Crippen LogP contribution >= 0.6 is 11.8 Å². The maximum absolute atomic E-state index is 12.7. The van der Waals surface area contributed by atoms with Crippen molar-refractivity contribution in [2.45, 2.75) is 71.8 Å². The fraction of sp³-hybridized carbons (Fsp3) is 0.913. The number of hydrogen-bond donors (Lipinski definition) is 2. The highest BCUT2D eigenvalue weighted by Crippen LogP contribution is 2.28. The van der Waals surface area contributed by atoms with Crippen LogP contribution in [-0.4, -0.2) is 60.9 Å². The maximum atomic E-state index is 12.7. The molecule has 2 amide bonds. The number of piperidine rings is 1. The van der Waals surface area contributed by atoms with Gasteiger partial charge in [0, 0.05) is 25.6 Å². The summed E-state index contributed by atoms with van der Waals surface area (Å²) in [5.41, 5.74) is 0. The fourth-order valence-electron chi connectivity index (χ4n) is 4.93. The zero-order valence-corrected chi connectivity index (χ0v) is 19.9. The van der Waals surface area contributed by atoms with E-state index in [1.807, 2.05) is 6.26 Å². The third-order valence-electron chi connectivity index (χ3n) is 6.53. The summed E-state index contributed by atoms with van der Waals surface area (Å²) in [6, 6.07) is -0.399. The minimum atomic E-state index is -0.399. The molecule has 0 aromatic carbocycles. The highest BCUT2D eigenvalue weighted by atomic mass is 32.2. The van der Waals surface area contributed by atoms with Gasteiger partial charge in [0.2, 0.25) is 11.8 Å². The van der Waals surface area contributed by atoms with E-state index >= 15 is 0 Å². The zero-order valence-electron chi connectivity index (χ0n) is 19.0. The molecule has 2 N–H and O–H groups in total. The van der Waals surface area contributed by atoms with Crippen molar-refractivity contribution >= 4 is 23.6 Å². The first-order valence-corrected chi connectivity index (χ1v) is 13.1. The molecule has 6 heteroatoms. The molecule has 0 radical (unpaired) electrons. The van der Waals surface area contributed by atoms with Gasteiger partial charge in [0.25, 0.3) is 0 Å². The second-order valence-electron chi connectivity index (χ2n) is 9.65. The molecular formula is C23H43N3O2S. The van der Waals surface area contributed by atoms with Gasteiger partial charge in [-0.15, -0.1) is 0 Å². The Hall–Kier alpha value is -0.750. The quantitative estimate of drug-likeness (QED) is 0.526. The number of rotatable bonds is 10. The Bertz CT molecular complexity index is 498. The fourth-order valence-corrected chi connectivity index (χ4v) is 5.40. The van der Waals surface area contributed by atoms with Crippen molar-refractivity contribution in [2.75, 3.05) is 38.2 Å². The standard InChI is InChI=1S/C23H43N3O2S/c1-17-6-8-20(9-7-17)22(27)25-21(10-13-29-4)23(28)24-11-5-12-26-15-18(2)14-19(3)16-26/h17-21H,5-16H2,1-4H3,(H,24,28)(H,25,27)/t17?,18-,19-,20?,21-/m0/s1. The summed E-state index contributed by atoms with van der Waals surface area (Å²) < 4.78 is 0. The minimum absolute atomic E-state index is 0.0167. The molecule has 29 heavy (non-hydrogen) atoms. The van der Waals surface area contributed by atoms with Crippen LogP contribution in [0.15, 0.2) is 0 Å². The predicted octanol–water partition coefficient (Wildman–Crippen LogP) is 3.53. The Morgan fingerprint density at radius 2 is 1.69 bits per heavy atom. The average Bonchev–Trinajstić information content (AvgIpc) is 2.68. The van der Waals surface area contributed by atoms with E-state index in [0.29, 0.717) is 13.0 Å². The van der Waals surface area contributed by atoms with Crippen molar-refractivity contribution in [1.82, 2.24) is 15.5 Å². The van der Waals surface area contributed by atoms with Crippen molar-refractivity contribution in [3.8, 4) is 0 Å². The highest BCUT2D eigenvalue weighted by molar-refractivity contribution is 7.98. The number of carbonyl (C=O) groups is 2. The SMILES string of the molecule is CSCC[C@H](NC(=O)C1CCC(C)CC1)C(=O)NCCCN1C[C@@H](C)C[C@H](C)C1. The molecule has 2 fully saturated rings. The van der Waals surface area contributed by atoms with Gasteiger partial charge in [0.1, 0.15) is 6.04 Å². The number of thioether (sulfide) groups is 1. The van der Waals surface area contributed by atoms with Gasteiger partial charge in [0.15, 0.2) is 0 Å². The number of likely N-dealkylation sites (tertiary alicyclic amines) is 1. The predicted molar refractivity (Wildman–Crippen MR) is 123 cm³/mol. The second kappa shape index (κ2) is 12.8. The van der Waals surface area contributed by atoms with E-state index in [2.05, 4.69) is 36.3 Å². The first kappa shape index (κ1) is 24.5. The van der Waals surface area contributed by atoms with E-state index in [1.165, 1.54) is 19.5 Å². The van der Waals surface area contributed by atoms with E-state index in [-0.39, 0.29) is 17.7 Å². The van der Waals surface area contributed by atoms with Crippen LogP contribution in [0.2, 0.25) is 0 Å². The number of nitrogens with one attached hydrogen (secondary N) is 2. The summed E-state index contributed by atoms with van der Waals surface area (Å²) in [6.07, 6.45) is 9.18. The van der Waals surface area contributed by atoms with Gasteiger partial charge in [-0.2, -0.15) is 11.8 Å². The topological polar surface area (TPSA) is 61.4 Å². The highest BCUT2D eigenvalue weighted by Gasteiger charge is 2.28. The molecule has 5 nitrogen and oxygen atoms in total. The lowest BCUT2D eigenvalue weighted by Crippen LogP contribution is -2.49. The molecule has 1 saturated carbocycles. The molecule has 0 bridgehead atoms. The molecule has 2 rings (SSSR count). The summed E-state index contributed by atoms with van der Waals surface area (Å²) in [5.74, 6) is 3.28. The van der Waals surface area contributed by atoms with Gasteiger partial charge in [-0.05, 0) is 81.3 Å². The Labute approximate surface area is 182 Å². The smallest absolute Gasteiger partial charge is 0.242 e. The van der Waals surface area contributed by atoms with Gasteiger partial charge >= 0.3 is 0 Å². The number of amides is 2. The summed E-state index contributed by atoms with van der Waals surface area (Å²) in [7, 11) is 0. The monoisotopic (exact) mass is 425 g/mol. The van der Waals surface area contributed by atoms with Crippen molar-refractivity contribution in [3.05, 3.63) is 0 Å². The van der Waals surface area contributed by atoms with Crippen molar-refractivity contribution in [2.24, 2.45) is 23.7 Å². The first-order chi connectivity index (χ1) is 13.9. The van der Waals surface area contributed by atoms with E-state index in [1.54, 1.807) is 11.8 Å². The van der Waals surface area contributed by atoms with E-state index in [4.69, 9.17) is 0 Å². The molecular weight excluding hydrogens is 382 g/mol. The normalized spacial score (nSPS) is 29.2. The van der Waals surface area contributed by atoms with Crippen LogP contribution in [0.4, 0.5) is 0 Å². The molecule has 1 heterocycles. The number of carbonyl (C=O) groups excluding carboxylic acids is 2. The van der Waals surface area contributed by atoms with E-state index in [0.717, 1.165) is 62.2 Å². The largest absolute Gasteiger partial charge is 0.354 e. The Balaban J connectivity index is 1.73. The molecule has 1 aliphatic carbocycles. The van der Waals surface area contributed by atoms with Crippen LogP contribution in [0.25, 0.3) is 0 Å². The van der Waals surface area contributed by atoms with Crippen LogP contribution < -0.4 is 10.6 Å². The molecule has 0 spiro atoms. The van der Waals surface area contributed by atoms with Gasteiger partial charge in [0.05, 0.1) is 0 Å². The van der Waals surface area contributed by atoms with Crippen molar-refractivity contribution in [1.29, 1.82) is 0 Å². The van der Waals surface area contributed by atoms with Gasteiger partial charge < -0.3 is 15.5 Å². The second-order valence-corrected chi connectivity index (χ2v) is 10.6. The van der Waals surface area contributed by atoms with Crippen molar-refractivity contribution in [3.63, 3.8) is 0 Å². The molecule has 0 aromatic heterocycles. The molecule has 0 unspecified atom stereocenters.